The molecule has 3 nitrogen and oxygen atoms in total. The van der Waals surface area contributed by atoms with E-state index in [0.717, 1.165) is 21.0 Å². The summed E-state index contributed by atoms with van der Waals surface area (Å²) in [7, 11) is 0. The number of anilines is 1. The van der Waals surface area contributed by atoms with E-state index >= 15 is 0 Å². The summed E-state index contributed by atoms with van der Waals surface area (Å²) >= 11 is 1.50. The van der Waals surface area contributed by atoms with Crippen LogP contribution >= 0.6 is 11.3 Å². The van der Waals surface area contributed by atoms with Gasteiger partial charge in [-0.05, 0) is 29.7 Å². The molecule has 0 aliphatic rings. The molecule has 2 heterocycles. The first-order valence-corrected chi connectivity index (χ1v) is 7.76. The fraction of sp³-hybridized carbons (Fsp3) is 0. The third kappa shape index (κ3) is 2.34. The van der Waals surface area contributed by atoms with Gasteiger partial charge in [-0.1, -0.05) is 36.4 Å². The molecule has 0 aliphatic carbocycles. The zero-order valence-electron chi connectivity index (χ0n) is 11.6. The number of nitrogens with one attached hydrogen (secondary N) is 1. The highest BCUT2D eigenvalue weighted by Gasteiger charge is 2.10. The number of aromatic nitrogens is 1. The quantitative estimate of drug-likeness (QED) is 0.583. The highest BCUT2D eigenvalue weighted by atomic mass is 32.1. The summed E-state index contributed by atoms with van der Waals surface area (Å²) in [5.41, 5.74) is 1.63. The van der Waals surface area contributed by atoms with E-state index in [-0.39, 0.29) is 5.91 Å². The number of carbonyl (C=O) groups is 1. The predicted octanol–water partition coefficient (Wildman–Crippen LogP) is 4.70. The molecule has 0 spiro atoms. The van der Waals surface area contributed by atoms with Gasteiger partial charge in [0.05, 0.1) is 22.3 Å². The lowest BCUT2D eigenvalue weighted by Crippen LogP contribution is -2.10. The zero-order valence-corrected chi connectivity index (χ0v) is 12.4. The van der Waals surface area contributed by atoms with Crippen molar-refractivity contribution in [2.24, 2.45) is 0 Å². The lowest BCUT2D eigenvalue weighted by atomic mass is 10.2. The van der Waals surface area contributed by atoms with Crippen LogP contribution in [0.3, 0.4) is 0 Å². The van der Waals surface area contributed by atoms with Gasteiger partial charge in [-0.15, -0.1) is 11.3 Å². The topological polar surface area (TPSA) is 42.0 Å². The Kier molecular flexibility index (Phi) is 3.09. The molecule has 2 aromatic heterocycles. The van der Waals surface area contributed by atoms with Gasteiger partial charge in [-0.25, -0.2) is 0 Å². The Morgan fingerprint density at radius 2 is 1.73 bits per heavy atom. The minimum Gasteiger partial charge on any atom is -0.320 e. The van der Waals surface area contributed by atoms with E-state index in [2.05, 4.69) is 10.3 Å². The molecule has 4 rings (SSSR count). The molecular formula is C18H12N2OS. The minimum absolute atomic E-state index is 0.0988. The average Bonchev–Trinajstić information content (AvgIpc) is 2.99. The van der Waals surface area contributed by atoms with Gasteiger partial charge in [0.1, 0.15) is 0 Å². The highest BCUT2D eigenvalue weighted by Crippen LogP contribution is 2.26. The van der Waals surface area contributed by atoms with Crippen LogP contribution in [0.1, 0.15) is 9.67 Å². The van der Waals surface area contributed by atoms with Crippen molar-refractivity contribution in [2.45, 2.75) is 0 Å². The van der Waals surface area contributed by atoms with Gasteiger partial charge in [0.15, 0.2) is 0 Å². The summed E-state index contributed by atoms with van der Waals surface area (Å²) in [5.74, 6) is -0.0988. The Morgan fingerprint density at radius 3 is 2.59 bits per heavy atom. The lowest BCUT2D eigenvalue weighted by molar-refractivity contribution is 0.103. The summed E-state index contributed by atoms with van der Waals surface area (Å²) < 4.78 is 1.12. The zero-order chi connectivity index (χ0) is 14.9. The number of pyridine rings is 1. The summed E-state index contributed by atoms with van der Waals surface area (Å²) in [6.45, 7) is 0. The fourth-order valence-corrected chi connectivity index (χ4v) is 3.38. The first-order chi connectivity index (χ1) is 10.8. The van der Waals surface area contributed by atoms with E-state index in [0.29, 0.717) is 10.6 Å². The van der Waals surface area contributed by atoms with Gasteiger partial charge in [0, 0.05) is 10.1 Å². The van der Waals surface area contributed by atoms with Crippen molar-refractivity contribution < 1.29 is 4.79 Å². The van der Waals surface area contributed by atoms with Gasteiger partial charge in [-0.3, -0.25) is 9.78 Å². The maximum Gasteiger partial charge on any atom is 0.265 e. The van der Waals surface area contributed by atoms with Gasteiger partial charge in [0.25, 0.3) is 5.91 Å². The van der Waals surface area contributed by atoms with E-state index < -0.39 is 0 Å². The number of amides is 1. The molecule has 1 amide bonds. The van der Waals surface area contributed by atoms with Crippen LogP contribution in [0.5, 0.6) is 0 Å². The van der Waals surface area contributed by atoms with E-state index in [9.17, 15) is 4.79 Å². The predicted molar refractivity (Wildman–Crippen MR) is 91.5 cm³/mol. The molecule has 0 aliphatic heterocycles. The van der Waals surface area contributed by atoms with Crippen molar-refractivity contribution in [1.29, 1.82) is 0 Å². The molecule has 0 unspecified atom stereocenters. The summed E-state index contributed by atoms with van der Waals surface area (Å²) in [5, 5.41) is 5.02. The molecule has 1 N–H and O–H groups in total. The Morgan fingerprint density at radius 1 is 0.955 bits per heavy atom. The summed E-state index contributed by atoms with van der Waals surface area (Å²) in [4.78, 5) is 17.5. The number of hydrogen-bond donors (Lipinski definition) is 1. The Bertz CT molecular complexity index is 957. The normalized spacial score (nSPS) is 10.9. The van der Waals surface area contributed by atoms with E-state index in [1.165, 1.54) is 11.3 Å². The number of benzene rings is 2. The minimum atomic E-state index is -0.0988. The van der Waals surface area contributed by atoms with Crippen LogP contribution in [0.4, 0.5) is 5.69 Å². The second kappa shape index (κ2) is 5.24. The van der Waals surface area contributed by atoms with Crippen LogP contribution in [0.2, 0.25) is 0 Å². The smallest absolute Gasteiger partial charge is 0.265 e. The Balaban J connectivity index is 1.64. The average molecular weight is 304 g/mol. The molecule has 2 aromatic carbocycles. The van der Waals surface area contributed by atoms with Crippen LogP contribution in [-0.2, 0) is 0 Å². The molecule has 0 saturated carbocycles. The van der Waals surface area contributed by atoms with E-state index in [1.807, 2.05) is 60.7 Å². The number of carbonyl (C=O) groups excluding carboxylic acids is 1. The molecule has 22 heavy (non-hydrogen) atoms. The molecule has 0 bridgehead atoms. The second-order valence-electron chi connectivity index (χ2n) is 5.02. The van der Waals surface area contributed by atoms with Crippen molar-refractivity contribution in [3.8, 4) is 0 Å². The van der Waals surface area contributed by atoms with Gasteiger partial charge < -0.3 is 5.32 Å². The number of thiophene rings is 1. The number of fused-ring (bicyclic) bond motifs is 2. The van der Waals surface area contributed by atoms with Crippen molar-refractivity contribution in [1.82, 2.24) is 4.98 Å². The summed E-state index contributed by atoms with van der Waals surface area (Å²) in [6, 6.07) is 19.7. The molecule has 0 saturated heterocycles. The van der Waals surface area contributed by atoms with Gasteiger partial charge in [-0.2, -0.15) is 0 Å². The largest absolute Gasteiger partial charge is 0.320 e. The molecule has 0 radical (unpaired) electrons. The maximum atomic E-state index is 12.4. The monoisotopic (exact) mass is 304 g/mol. The number of nitrogens with zero attached hydrogens (tertiary/aromatic N) is 1. The molecule has 0 fully saturated rings. The number of hydrogen-bond acceptors (Lipinski definition) is 3. The van der Waals surface area contributed by atoms with Crippen LogP contribution in [0.25, 0.3) is 21.0 Å². The lowest BCUT2D eigenvalue weighted by Gasteiger charge is -2.04. The fourth-order valence-electron chi connectivity index (χ4n) is 2.43. The number of para-hydroxylation sites is 1. The summed E-state index contributed by atoms with van der Waals surface area (Å²) in [6.07, 6.45) is 1.69. The highest BCUT2D eigenvalue weighted by molar-refractivity contribution is 7.20. The third-order valence-electron chi connectivity index (χ3n) is 3.50. The van der Waals surface area contributed by atoms with Crippen LogP contribution in [0, 0.1) is 0 Å². The van der Waals surface area contributed by atoms with Gasteiger partial charge >= 0.3 is 0 Å². The van der Waals surface area contributed by atoms with Gasteiger partial charge in [0.2, 0.25) is 0 Å². The molecular weight excluding hydrogens is 292 g/mol. The second-order valence-corrected chi connectivity index (χ2v) is 6.10. The van der Waals surface area contributed by atoms with Crippen molar-refractivity contribution >= 4 is 43.9 Å². The first-order valence-electron chi connectivity index (χ1n) is 6.94. The molecule has 106 valence electrons. The van der Waals surface area contributed by atoms with Crippen molar-refractivity contribution in [3.05, 3.63) is 71.7 Å². The van der Waals surface area contributed by atoms with Crippen LogP contribution < -0.4 is 5.32 Å². The standard InChI is InChI=1S/C18H12N2OS/c21-18(17-10-13-6-2-4-8-16(13)22-17)20-14-9-12-5-1-3-7-15(12)19-11-14/h1-11H,(H,20,21). The molecule has 4 heteroatoms. The van der Waals surface area contributed by atoms with Crippen molar-refractivity contribution in [2.75, 3.05) is 5.32 Å². The van der Waals surface area contributed by atoms with Crippen molar-refractivity contribution in [3.63, 3.8) is 0 Å². The molecule has 4 aromatic rings. The Hall–Kier alpha value is -2.72. The van der Waals surface area contributed by atoms with E-state index in [4.69, 9.17) is 0 Å². The van der Waals surface area contributed by atoms with Crippen LogP contribution in [-0.4, -0.2) is 10.9 Å². The van der Waals surface area contributed by atoms with Crippen LogP contribution in [0.15, 0.2) is 66.9 Å². The Labute approximate surface area is 131 Å². The molecule has 0 atom stereocenters. The van der Waals surface area contributed by atoms with E-state index in [1.54, 1.807) is 6.20 Å². The SMILES string of the molecule is O=C(Nc1cnc2ccccc2c1)c1cc2ccccc2s1. The number of rotatable bonds is 2. The third-order valence-corrected chi connectivity index (χ3v) is 4.61. The first kappa shape index (κ1) is 13.0. The maximum absolute atomic E-state index is 12.4.